The average Bonchev–Trinajstić information content (AvgIpc) is 3.22. The molecule has 0 unspecified atom stereocenters. The van der Waals surface area contributed by atoms with Crippen LogP contribution in [-0.4, -0.2) is 26.9 Å². The van der Waals surface area contributed by atoms with Crippen molar-refractivity contribution in [2.24, 2.45) is 5.73 Å². The number of nitrogens with two attached hydrogens (primary N) is 1. The van der Waals surface area contributed by atoms with Crippen LogP contribution in [0.5, 0.6) is 11.6 Å². The summed E-state index contributed by atoms with van der Waals surface area (Å²) in [6.45, 7) is 0. The fourth-order valence-corrected chi connectivity index (χ4v) is 4.03. The Bertz CT molecular complexity index is 1360. The van der Waals surface area contributed by atoms with Gasteiger partial charge >= 0.3 is 0 Å². The first-order valence-electron chi connectivity index (χ1n) is 9.55. The Morgan fingerprint density at radius 2 is 1.91 bits per heavy atom. The molecule has 0 bridgehead atoms. The third kappa shape index (κ3) is 5.45. The Morgan fingerprint density at radius 3 is 2.64 bits per heavy atom. The van der Waals surface area contributed by atoms with E-state index in [4.69, 9.17) is 22.7 Å². The van der Waals surface area contributed by atoms with Crippen LogP contribution < -0.4 is 21.1 Å². The van der Waals surface area contributed by atoms with Gasteiger partial charge in [-0.15, -0.1) is 11.3 Å². The van der Waals surface area contributed by atoms with Crippen molar-refractivity contribution in [3.8, 4) is 11.6 Å². The Hall–Kier alpha value is -3.96. The SMILES string of the molecule is NC(=O)c1cc2ncnc(Oc3ccc(NC(=S)NC(=O)Cc4ccccc4)cc3F)c2s1. The van der Waals surface area contributed by atoms with Crippen molar-refractivity contribution in [3.05, 3.63) is 77.2 Å². The molecule has 8 nitrogen and oxygen atoms in total. The number of hydrogen-bond donors (Lipinski definition) is 3. The zero-order chi connectivity index (χ0) is 23.4. The number of fused-ring (bicyclic) bond motifs is 1. The van der Waals surface area contributed by atoms with Gasteiger partial charge < -0.3 is 21.1 Å². The Morgan fingerprint density at radius 1 is 1.12 bits per heavy atom. The number of thiophene rings is 1. The molecule has 33 heavy (non-hydrogen) atoms. The second kappa shape index (κ2) is 9.67. The molecule has 0 aliphatic rings. The maximum absolute atomic E-state index is 14.7. The predicted octanol–water partition coefficient (Wildman–Crippen LogP) is 3.78. The fourth-order valence-electron chi connectivity index (χ4n) is 2.91. The van der Waals surface area contributed by atoms with Crippen molar-refractivity contribution < 1.29 is 18.7 Å². The number of thiocarbonyl (C=S) groups is 1. The molecule has 2 heterocycles. The zero-order valence-electron chi connectivity index (χ0n) is 16.9. The third-order valence-electron chi connectivity index (χ3n) is 4.38. The van der Waals surface area contributed by atoms with E-state index in [2.05, 4.69) is 20.6 Å². The lowest BCUT2D eigenvalue weighted by Gasteiger charge is -2.11. The normalized spacial score (nSPS) is 10.6. The quantitative estimate of drug-likeness (QED) is 0.359. The molecule has 0 saturated heterocycles. The predicted molar refractivity (Wildman–Crippen MR) is 127 cm³/mol. The van der Waals surface area contributed by atoms with E-state index in [1.807, 2.05) is 30.3 Å². The van der Waals surface area contributed by atoms with Gasteiger partial charge in [0.05, 0.1) is 16.8 Å². The van der Waals surface area contributed by atoms with Gasteiger partial charge in [-0.25, -0.2) is 14.4 Å². The Kier molecular flexibility index (Phi) is 6.52. The Balaban J connectivity index is 1.42. The molecule has 2 amide bonds. The molecular weight excluding hydrogens is 465 g/mol. The first-order valence-corrected chi connectivity index (χ1v) is 10.8. The first-order chi connectivity index (χ1) is 15.9. The van der Waals surface area contributed by atoms with Crippen LogP contribution >= 0.6 is 23.6 Å². The summed E-state index contributed by atoms with van der Waals surface area (Å²) >= 11 is 6.19. The molecule has 0 radical (unpaired) electrons. The summed E-state index contributed by atoms with van der Waals surface area (Å²) in [4.78, 5) is 31.9. The highest BCUT2D eigenvalue weighted by molar-refractivity contribution is 7.80. The summed E-state index contributed by atoms with van der Waals surface area (Å²) in [6, 6.07) is 14.8. The molecule has 166 valence electrons. The van der Waals surface area contributed by atoms with Gasteiger partial charge in [-0.3, -0.25) is 9.59 Å². The van der Waals surface area contributed by atoms with E-state index in [0.29, 0.717) is 15.9 Å². The van der Waals surface area contributed by atoms with E-state index >= 15 is 0 Å². The number of aromatic nitrogens is 2. The molecule has 4 N–H and O–H groups in total. The summed E-state index contributed by atoms with van der Waals surface area (Å²) in [7, 11) is 0. The van der Waals surface area contributed by atoms with Crippen LogP contribution in [0.2, 0.25) is 0 Å². The molecule has 0 aliphatic heterocycles. The number of anilines is 1. The van der Waals surface area contributed by atoms with Crippen LogP contribution in [0.25, 0.3) is 10.2 Å². The van der Waals surface area contributed by atoms with E-state index in [1.165, 1.54) is 30.6 Å². The van der Waals surface area contributed by atoms with Crippen LogP contribution in [-0.2, 0) is 11.2 Å². The molecule has 2 aromatic carbocycles. The molecule has 0 fully saturated rings. The van der Waals surface area contributed by atoms with Crippen LogP contribution in [0.15, 0.2) is 60.9 Å². The van der Waals surface area contributed by atoms with E-state index in [9.17, 15) is 14.0 Å². The number of carbonyl (C=O) groups is 2. The molecule has 11 heteroatoms. The molecule has 0 spiro atoms. The van der Waals surface area contributed by atoms with Crippen molar-refractivity contribution in [1.29, 1.82) is 0 Å². The lowest BCUT2D eigenvalue weighted by Crippen LogP contribution is -2.35. The number of amides is 2. The van der Waals surface area contributed by atoms with E-state index in [1.54, 1.807) is 0 Å². The number of ether oxygens (including phenoxy) is 1. The largest absolute Gasteiger partial charge is 0.434 e. The lowest BCUT2D eigenvalue weighted by molar-refractivity contribution is -0.119. The molecule has 0 atom stereocenters. The maximum Gasteiger partial charge on any atom is 0.258 e. The van der Waals surface area contributed by atoms with Crippen molar-refractivity contribution >= 4 is 56.4 Å². The maximum atomic E-state index is 14.7. The standard InChI is InChI=1S/C22H16FN5O3S2/c23-14-9-13(27-22(32)28-18(29)8-12-4-2-1-3-5-12)6-7-16(14)31-21-19-15(25-11-26-21)10-17(33-19)20(24)30/h1-7,9-11H,8H2,(H2,24,30)(H2,27,28,29,32). The minimum absolute atomic E-state index is 0.0408. The number of primary amides is 1. The van der Waals surface area contributed by atoms with E-state index in [-0.39, 0.29) is 33.9 Å². The molecule has 0 saturated carbocycles. The van der Waals surface area contributed by atoms with Gasteiger partial charge in [-0.1, -0.05) is 30.3 Å². The number of carbonyl (C=O) groups excluding carboxylic acids is 2. The smallest absolute Gasteiger partial charge is 0.258 e. The summed E-state index contributed by atoms with van der Waals surface area (Å²) < 4.78 is 20.7. The van der Waals surface area contributed by atoms with Gasteiger partial charge in [0.2, 0.25) is 11.8 Å². The molecule has 4 rings (SSSR count). The molecule has 2 aromatic heterocycles. The van der Waals surface area contributed by atoms with Crippen molar-refractivity contribution in [1.82, 2.24) is 15.3 Å². The van der Waals surface area contributed by atoms with Crippen LogP contribution in [0.1, 0.15) is 15.2 Å². The highest BCUT2D eigenvalue weighted by atomic mass is 32.1. The second-order valence-corrected chi connectivity index (χ2v) is 8.24. The van der Waals surface area contributed by atoms with Crippen LogP contribution in [0, 0.1) is 5.82 Å². The summed E-state index contributed by atoms with van der Waals surface area (Å²) in [5, 5.41) is 5.36. The van der Waals surface area contributed by atoms with Gasteiger partial charge in [0, 0.05) is 11.8 Å². The number of nitrogens with zero attached hydrogens (tertiary/aromatic N) is 2. The monoisotopic (exact) mass is 481 g/mol. The number of nitrogens with one attached hydrogen (secondary N) is 2. The van der Waals surface area contributed by atoms with Gasteiger partial charge in [0.25, 0.3) is 5.91 Å². The third-order valence-corrected chi connectivity index (χ3v) is 5.71. The summed E-state index contributed by atoms with van der Waals surface area (Å²) in [6.07, 6.45) is 1.41. The van der Waals surface area contributed by atoms with Gasteiger partial charge in [0.15, 0.2) is 16.7 Å². The summed E-state index contributed by atoms with van der Waals surface area (Å²) in [5.74, 6) is -1.57. The average molecular weight is 482 g/mol. The van der Waals surface area contributed by atoms with Crippen molar-refractivity contribution in [2.45, 2.75) is 6.42 Å². The number of hydrogen-bond acceptors (Lipinski definition) is 7. The van der Waals surface area contributed by atoms with Crippen molar-refractivity contribution in [3.63, 3.8) is 0 Å². The molecule has 4 aromatic rings. The Labute approximate surface area is 196 Å². The first kappa shape index (κ1) is 22.2. The van der Waals surface area contributed by atoms with Gasteiger partial charge in [-0.05, 0) is 36.0 Å². The van der Waals surface area contributed by atoms with Gasteiger partial charge in [0.1, 0.15) is 11.0 Å². The highest BCUT2D eigenvalue weighted by Crippen LogP contribution is 2.34. The van der Waals surface area contributed by atoms with E-state index < -0.39 is 11.7 Å². The van der Waals surface area contributed by atoms with Gasteiger partial charge in [-0.2, -0.15) is 0 Å². The molecule has 0 aliphatic carbocycles. The highest BCUT2D eigenvalue weighted by Gasteiger charge is 2.15. The zero-order valence-corrected chi connectivity index (χ0v) is 18.5. The minimum Gasteiger partial charge on any atom is -0.434 e. The van der Waals surface area contributed by atoms with Crippen molar-refractivity contribution in [2.75, 3.05) is 5.32 Å². The van der Waals surface area contributed by atoms with Crippen LogP contribution in [0.4, 0.5) is 10.1 Å². The summed E-state index contributed by atoms with van der Waals surface area (Å²) in [5.41, 5.74) is 6.94. The number of benzene rings is 2. The second-order valence-electron chi connectivity index (χ2n) is 6.78. The van der Waals surface area contributed by atoms with E-state index in [0.717, 1.165) is 16.9 Å². The topological polar surface area (TPSA) is 119 Å². The minimum atomic E-state index is -0.683. The van der Waals surface area contributed by atoms with Crippen LogP contribution in [0.3, 0.4) is 0 Å². The fraction of sp³-hybridized carbons (Fsp3) is 0.0455. The lowest BCUT2D eigenvalue weighted by atomic mass is 10.1. The molecular formula is C22H16FN5O3S2. The number of halogens is 1. The number of rotatable bonds is 6.